The third kappa shape index (κ3) is 3.68. The number of para-hydroxylation sites is 1. The van der Waals surface area contributed by atoms with E-state index in [0.717, 1.165) is 22.0 Å². The van der Waals surface area contributed by atoms with E-state index >= 15 is 0 Å². The Balaban J connectivity index is 2.43. The summed E-state index contributed by atoms with van der Waals surface area (Å²) in [6, 6.07) is 13.4. The van der Waals surface area contributed by atoms with Gasteiger partial charge in [-0.3, -0.25) is 19.5 Å². The molecule has 1 aromatic heterocycles. The second-order valence-corrected chi connectivity index (χ2v) is 6.94. The van der Waals surface area contributed by atoms with Crippen LogP contribution in [-0.2, 0) is 0 Å². The Morgan fingerprint density at radius 3 is 2.55 bits per heavy atom. The highest BCUT2D eigenvalue weighted by molar-refractivity contribution is 7.07. The summed E-state index contributed by atoms with van der Waals surface area (Å²) in [5, 5.41) is 29.8. The number of thiazole rings is 1. The number of nitrogens with zero attached hydrogens (tertiary/aromatic N) is 4. The Morgan fingerprint density at radius 1 is 1.24 bits per heavy atom. The molecule has 0 aliphatic carbocycles. The fraction of sp³-hybridized carbons (Fsp3) is 0.0500. The maximum atomic E-state index is 14.1. The molecule has 0 aliphatic heterocycles. The number of aryl methyl sites for hydroxylation is 1. The van der Waals surface area contributed by atoms with Crippen LogP contribution in [0, 0.1) is 45.5 Å². The number of hydrogen-bond acceptors (Lipinski definition) is 6. The normalized spacial score (nSPS) is 11.0. The van der Waals surface area contributed by atoms with E-state index in [9.17, 15) is 29.8 Å². The van der Waals surface area contributed by atoms with Crippen LogP contribution in [0.1, 0.15) is 11.1 Å². The predicted octanol–water partition coefficient (Wildman–Crippen LogP) is 2.28. The summed E-state index contributed by atoms with van der Waals surface area (Å²) in [5.41, 5.74) is -0.422. The summed E-state index contributed by atoms with van der Waals surface area (Å²) in [6.45, 7) is 1.56. The molecule has 7 nitrogen and oxygen atoms in total. The Bertz CT molecular complexity index is 1390. The third-order valence-electron chi connectivity index (χ3n) is 4.09. The molecule has 2 aromatic carbocycles. The molecule has 0 fully saturated rings. The molecule has 142 valence electrons. The minimum absolute atomic E-state index is 0.0214. The number of nitro benzene ring substituents is 1. The molecule has 3 rings (SSSR count). The first kappa shape index (κ1) is 19.7. The standard InChI is InChI=1S/C20H11FN4O3S/c1-12-6-7-15(9-16(12)21)24-19(26)18(29-20(24)14(10-22)11-23)8-13-4-2-3-5-17(13)25(27)28/h2-9H,1H3/b18-8+. The molecule has 0 bridgehead atoms. The van der Waals surface area contributed by atoms with Crippen molar-refractivity contribution in [2.45, 2.75) is 6.92 Å². The first-order valence-corrected chi connectivity index (χ1v) is 8.97. The third-order valence-corrected chi connectivity index (χ3v) is 5.19. The van der Waals surface area contributed by atoms with Crippen molar-refractivity contribution in [2.24, 2.45) is 0 Å². The quantitative estimate of drug-likeness (QED) is 0.489. The van der Waals surface area contributed by atoms with E-state index in [0.29, 0.717) is 5.56 Å². The molecule has 0 spiro atoms. The van der Waals surface area contributed by atoms with Gasteiger partial charge in [-0.2, -0.15) is 10.5 Å². The van der Waals surface area contributed by atoms with Crippen molar-refractivity contribution < 1.29 is 9.31 Å². The van der Waals surface area contributed by atoms with Gasteiger partial charge >= 0.3 is 0 Å². The summed E-state index contributed by atoms with van der Waals surface area (Å²) in [4.78, 5) is 23.7. The number of aromatic nitrogens is 1. The van der Waals surface area contributed by atoms with Crippen LogP contribution >= 0.6 is 11.3 Å². The largest absolute Gasteiger partial charge is 0.276 e. The van der Waals surface area contributed by atoms with Crippen LogP contribution in [0.25, 0.3) is 17.3 Å². The van der Waals surface area contributed by atoms with Gasteiger partial charge in [0.1, 0.15) is 22.6 Å². The molecule has 0 unspecified atom stereocenters. The van der Waals surface area contributed by atoms with Crippen LogP contribution in [0.3, 0.4) is 0 Å². The fourth-order valence-electron chi connectivity index (χ4n) is 2.64. The van der Waals surface area contributed by atoms with Crippen LogP contribution in [-0.4, -0.2) is 9.49 Å². The molecule has 0 N–H and O–H groups in total. The zero-order valence-electron chi connectivity index (χ0n) is 14.9. The highest BCUT2D eigenvalue weighted by atomic mass is 32.1. The molecule has 0 atom stereocenters. The Hall–Kier alpha value is -4.08. The molecule has 9 heteroatoms. The number of hydrogen-bond donors (Lipinski definition) is 0. The fourth-order valence-corrected chi connectivity index (χ4v) is 3.69. The highest BCUT2D eigenvalue weighted by Gasteiger charge is 2.15. The molecule has 29 heavy (non-hydrogen) atoms. The monoisotopic (exact) mass is 406 g/mol. The smallest absolute Gasteiger partial charge is 0.267 e. The highest BCUT2D eigenvalue weighted by Crippen LogP contribution is 2.18. The van der Waals surface area contributed by atoms with Crippen LogP contribution < -0.4 is 14.8 Å². The van der Waals surface area contributed by atoms with Gasteiger partial charge in [0.05, 0.1) is 20.7 Å². The second kappa shape index (κ2) is 7.89. The molecule has 3 aromatic rings. The first-order chi connectivity index (χ1) is 13.9. The summed E-state index contributed by atoms with van der Waals surface area (Å²) in [7, 11) is 0. The molecule has 0 saturated carbocycles. The van der Waals surface area contributed by atoms with Crippen LogP contribution in [0.5, 0.6) is 0 Å². The molecule has 0 saturated heterocycles. The Morgan fingerprint density at radius 2 is 1.93 bits per heavy atom. The lowest BCUT2D eigenvalue weighted by atomic mass is 10.2. The van der Waals surface area contributed by atoms with E-state index in [2.05, 4.69) is 0 Å². The minimum atomic E-state index is -0.616. The lowest BCUT2D eigenvalue weighted by Crippen LogP contribution is -2.30. The van der Waals surface area contributed by atoms with Gasteiger partial charge in [0.2, 0.25) is 0 Å². The van der Waals surface area contributed by atoms with E-state index in [4.69, 9.17) is 0 Å². The van der Waals surface area contributed by atoms with Crippen molar-refractivity contribution in [3.05, 3.63) is 89.1 Å². The average Bonchev–Trinajstić information content (AvgIpc) is 3.01. The van der Waals surface area contributed by atoms with E-state index in [1.54, 1.807) is 25.1 Å². The van der Waals surface area contributed by atoms with Crippen LogP contribution in [0.4, 0.5) is 10.1 Å². The lowest BCUT2D eigenvalue weighted by molar-refractivity contribution is -0.385. The van der Waals surface area contributed by atoms with E-state index < -0.39 is 16.3 Å². The van der Waals surface area contributed by atoms with Crippen molar-refractivity contribution in [3.63, 3.8) is 0 Å². The minimum Gasteiger partial charge on any atom is -0.267 e. The maximum Gasteiger partial charge on any atom is 0.276 e. The van der Waals surface area contributed by atoms with E-state index in [1.165, 1.54) is 36.4 Å². The number of benzene rings is 2. The lowest BCUT2D eigenvalue weighted by Gasteiger charge is -2.04. The number of halogens is 1. The average molecular weight is 406 g/mol. The van der Waals surface area contributed by atoms with Crippen LogP contribution in [0.2, 0.25) is 0 Å². The molecule has 0 radical (unpaired) electrons. The topological polar surface area (TPSA) is 113 Å². The number of nitriles is 2. The maximum absolute atomic E-state index is 14.1. The Labute approximate surface area is 167 Å². The molecular weight excluding hydrogens is 395 g/mol. The molecule has 0 aliphatic rings. The van der Waals surface area contributed by atoms with Crippen molar-refractivity contribution in [1.29, 1.82) is 10.5 Å². The number of nitro groups is 1. The summed E-state index contributed by atoms with van der Waals surface area (Å²) < 4.78 is 15.2. The van der Waals surface area contributed by atoms with Gasteiger partial charge in [0.25, 0.3) is 11.2 Å². The van der Waals surface area contributed by atoms with Gasteiger partial charge in [0.15, 0.2) is 5.57 Å². The summed E-state index contributed by atoms with van der Waals surface area (Å²) >= 11 is 0.831. The van der Waals surface area contributed by atoms with Crippen molar-refractivity contribution >= 4 is 28.7 Å². The van der Waals surface area contributed by atoms with Gasteiger partial charge < -0.3 is 0 Å². The van der Waals surface area contributed by atoms with Gasteiger partial charge in [0, 0.05) is 6.07 Å². The van der Waals surface area contributed by atoms with Crippen molar-refractivity contribution in [1.82, 2.24) is 4.57 Å². The van der Waals surface area contributed by atoms with Gasteiger partial charge in [-0.15, -0.1) is 11.3 Å². The summed E-state index contributed by atoms with van der Waals surface area (Å²) in [5.74, 6) is -0.550. The molecule has 1 heterocycles. The van der Waals surface area contributed by atoms with Crippen LogP contribution in [0.15, 0.2) is 47.3 Å². The number of rotatable bonds is 3. The van der Waals surface area contributed by atoms with E-state index in [1.807, 2.05) is 0 Å². The van der Waals surface area contributed by atoms with Gasteiger partial charge in [-0.25, -0.2) is 4.39 Å². The second-order valence-electron chi connectivity index (χ2n) is 5.90. The predicted molar refractivity (Wildman–Crippen MR) is 105 cm³/mol. The van der Waals surface area contributed by atoms with Gasteiger partial charge in [-0.05, 0) is 36.8 Å². The summed E-state index contributed by atoms with van der Waals surface area (Å²) in [6.07, 6.45) is 1.32. The SMILES string of the molecule is Cc1ccc(-n2c(=C(C#N)C#N)s/c(=C/c3ccccc3[N+](=O)[O-])c2=O)cc1F. The van der Waals surface area contributed by atoms with Crippen molar-refractivity contribution in [2.75, 3.05) is 0 Å². The first-order valence-electron chi connectivity index (χ1n) is 8.15. The zero-order chi connectivity index (χ0) is 21.1. The Kier molecular flexibility index (Phi) is 5.35. The zero-order valence-corrected chi connectivity index (χ0v) is 15.7. The van der Waals surface area contributed by atoms with E-state index in [-0.39, 0.29) is 31.7 Å². The molecule has 0 amide bonds. The molecular formula is C20H11FN4O3S. The van der Waals surface area contributed by atoms with Crippen molar-refractivity contribution in [3.8, 4) is 17.8 Å². The van der Waals surface area contributed by atoms with Gasteiger partial charge in [-0.1, -0.05) is 18.2 Å².